The van der Waals surface area contributed by atoms with Gasteiger partial charge in [-0.1, -0.05) is 35.8 Å². The first-order valence-corrected chi connectivity index (χ1v) is 11.0. The third-order valence-electron chi connectivity index (χ3n) is 4.62. The molecule has 0 aliphatic heterocycles. The van der Waals surface area contributed by atoms with Gasteiger partial charge in [0.15, 0.2) is 0 Å². The third kappa shape index (κ3) is 6.65. The molecule has 2 amide bonds. The van der Waals surface area contributed by atoms with Gasteiger partial charge in [0.25, 0.3) is 11.8 Å². The molecule has 0 saturated carbocycles. The van der Waals surface area contributed by atoms with Crippen molar-refractivity contribution < 1.29 is 18.7 Å². The fourth-order valence-corrected chi connectivity index (χ4v) is 3.24. The molecule has 0 fully saturated rings. The minimum Gasteiger partial charge on any atom is -0.493 e. The Labute approximate surface area is 195 Å². The number of amides is 2. The zero-order valence-electron chi connectivity index (χ0n) is 17.8. The molecule has 0 spiro atoms. The van der Waals surface area contributed by atoms with E-state index >= 15 is 0 Å². The minimum atomic E-state index is -0.382. The van der Waals surface area contributed by atoms with Crippen LogP contribution < -0.4 is 15.4 Å². The van der Waals surface area contributed by atoms with E-state index in [1.54, 1.807) is 36.4 Å². The zero-order valence-corrected chi connectivity index (χ0v) is 19.4. The first-order valence-electron chi connectivity index (χ1n) is 10.2. The summed E-state index contributed by atoms with van der Waals surface area (Å²) < 4.78 is 19.6. The van der Waals surface area contributed by atoms with Gasteiger partial charge in [-0.3, -0.25) is 9.59 Å². The molecule has 0 aliphatic carbocycles. The van der Waals surface area contributed by atoms with Crippen LogP contribution in [0.3, 0.4) is 0 Å². The number of halogens is 2. The number of carbonyl (C=O) groups excluding carboxylic acids is 2. The molecule has 5 nitrogen and oxygen atoms in total. The Bertz CT molecular complexity index is 1100. The minimum absolute atomic E-state index is 0.345. The highest BCUT2D eigenvalue weighted by atomic mass is 79.9. The molecule has 7 heteroatoms. The van der Waals surface area contributed by atoms with Crippen LogP contribution in [0.5, 0.6) is 5.75 Å². The van der Waals surface area contributed by atoms with Crippen molar-refractivity contribution in [1.82, 2.24) is 0 Å². The lowest BCUT2D eigenvalue weighted by Crippen LogP contribution is -2.16. The second-order valence-corrected chi connectivity index (χ2v) is 8.58. The van der Waals surface area contributed by atoms with E-state index in [0.717, 1.165) is 10.9 Å². The van der Waals surface area contributed by atoms with E-state index in [-0.39, 0.29) is 17.6 Å². The number of anilines is 2. The molecule has 0 aromatic heterocycles. The first-order chi connectivity index (χ1) is 15.3. The molecule has 0 unspecified atom stereocenters. The summed E-state index contributed by atoms with van der Waals surface area (Å²) in [5.41, 5.74) is 1.69. The summed E-state index contributed by atoms with van der Waals surface area (Å²) in [6, 6.07) is 17.4. The Morgan fingerprint density at radius 2 is 1.66 bits per heavy atom. The summed E-state index contributed by atoms with van der Waals surface area (Å²) in [6.07, 6.45) is 0.877. The molecule has 0 aliphatic rings. The summed E-state index contributed by atoms with van der Waals surface area (Å²) in [5, 5.41) is 5.52. The molecule has 166 valence electrons. The van der Waals surface area contributed by atoms with Gasteiger partial charge >= 0.3 is 0 Å². The summed E-state index contributed by atoms with van der Waals surface area (Å²) in [5.74, 6) is -0.106. The van der Waals surface area contributed by atoms with Crippen LogP contribution in [0.4, 0.5) is 15.8 Å². The quantitative estimate of drug-likeness (QED) is 0.371. The largest absolute Gasteiger partial charge is 0.493 e. The molecule has 32 heavy (non-hydrogen) atoms. The van der Waals surface area contributed by atoms with Crippen molar-refractivity contribution >= 4 is 39.1 Å². The van der Waals surface area contributed by atoms with Crippen LogP contribution >= 0.6 is 15.9 Å². The number of ether oxygens (including phenoxy) is 1. The van der Waals surface area contributed by atoms with Gasteiger partial charge in [-0.2, -0.15) is 0 Å². The summed E-state index contributed by atoms with van der Waals surface area (Å²) in [7, 11) is 0. The van der Waals surface area contributed by atoms with Gasteiger partial charge < -0.3 is 15.4 Å². The van der Waals surface area contributed by atoms with Crippen LogP contribution in [0.25, 0.3) is 0 Å². The normalized spacial score (nSPS) is 10.7. The number of hydrogen-bond donors (Lipinski definition) is 2. The van der Waals surface area contributed by atoms with E-state index < -0.39 is 0 Å². The highest BCUT2D eigenvalue weighted by molar-refractivity contribution is 9.10. The number of nitrogens with one attached hydrogen (secondary N) is 2. The summed E-state index contributed by atoms with van der Waals surface area (Å²) in [6.45, 7) is 4.73. The van der Waals surface area contributed by atoms with Crippen LogP contribution in [0, 0.1) is 11.7 Å². The van der Waals surface area contributed by atoms with Gasteiger partial charge in [-0.15, -0.1) is 0 Å². The SMILES string of the molecule is CC(C)CCOc1ccc(Br)cc1C(=O)Nc1cccc(C(=O)Nc2ccc(F)cc2)c1. The fourth-order valence-electron chi connectivity index (χ4n) is 2.88. The van der Waals surface area contributed by atoms with Gasteiger partial charge in [0.05, 0.1) is 12.2 Å². The van der Waals surface area contributed by atoms with Crippen molar-refractivity contribution in [3.63, 3.8) is 0 Å². The molecule has 0 radical (unpaired) electrons. The maximum absolute atomic E-state index is 13.1. The molecule has 3 rings (SSSR count). The number of rotatable bonds is 8. The maximum Gasteiger partial charge on any atom is 0.259 e. The standard InChI is InChI=1S/C25H24BrFN2O3/c1-16(2)12-13-32-23-11-6-18(26)15-22(23)25(31)29-21-5-3-4-17(14-21)24(30)28-20-9-7-19(27)8-10-20/h3-11,14-16H,12-13H2,1-2H3,(H,28,30)(H,29,31). The molecule has 0 heterocycles. The Balaban J connectivity index is 1.72. The predicted octanol–water partition coefficient (Wildman–Crippen LogP) is 6.52. The predicted molar refractivity (Wildman–Crippen MR) is 128 cm³/mol. The number of hydrogen-bond acceptors (Lipinski definition) is 3. The van der Waals surface area contributed by atoms with E-state index in [9.17, 15) is 14.0 Å². The summed E-state index contributed by atoms with van der Waals surface area (Å²) >= 11 is 3.40. The van der Waals surface area contributed by atoms with E-state index in [1.165, 1.54) is 24.3 Å². The highest BCUT2D eigenvalue weighted by Crippen LogP contribution is 2.25. The zero-order chi connectivity index (χ0) is 23.1. The molecule has 0 atom stereocenters. The van der Waals surface area contributed by atoms with Gasteiger partial charge in [-0.05, 0) is 73.0 Å². The molecule has 3 aromatic carbocycles. The molecular formula is C25H24BrFN2O3. The Hall–Kier alpha value is -3.19. The molecular weight excluding hydrogens is 475 g/mol. The van der Waals surface area contributed by atoms with E-state index in [2.05, 4.69) is 40.4 Å². The second kappa shape index (κ2) is 10.9. The monoisotopic (exact) mass is 498 g/mol. The van der Waals surface area contributed by atoms with Crippen LogP contribution in [-0.4, -0.2) is 18.4 Å². The molecule has 0 saturated heterocycles. The second-order valence-electron chi connectivity index (χ2n) is 7.67. The van der Waals surface area contributed by atoms with Crippen molar-refractivity contribution in [2.24, 2.45) is 5.92 Å². The lowest BCUT2D eigenvalue weighted by atomic mass is 10.1. The topological polar surface area (TPSA) is 67.4 Å². The van der Waals surface area contributed by atoms with Crippen molar-refractivity contribution in [3.05, 3.63) is 88.1 Å². The highest BCUT2D eigenvalue weighted by Gasteiger charge is 2.15. The lowest BCUT2D eigenvalue weighted by Gasteiger charge is -2.14. The van der Waals surface area contributed by atoms with Crippen LogP contribution in [-0.2, 0) is 0 Å². The van der Waals surface area contributed by atoms with Gasteiger partial charge in [0.2, 0.25) is 0 Å². The van der Waals surface area contributed by atoms with E-state index in [0.29, 0.717) is 40.8 Å². The number of benzene rings is 3. The first kappa shape index (κ1) is 23.5. The fraction of sp³-hybridized carbons (Fsp3) is 0.200. The Morgan fingerprint density at radius 3 is 2.38 bits per heavy atom. The molecule has 3 aromatic rings. The van der Waals surface area contributed by atoms with Crippen LogP contribution in [0.1, 0.15) is 41.0 Å². The van der Waals surface area contributed by atoms with Crippen molar-refractivity contribution in [3.8, 4) is 5.75 Å². The van der Waals surface area contributed by atoms with Crippen molar-refractivity contribution in [2.75, 3.05) is 17.2 Å². The average Bonchev–Trinajstić information content (AvgIpc) is 2.76. The van der Waals surface area contributed by atoms with Gasteiger partial charge in [0.1, 0.15) is 11.6 Å². The summed E-state index contributed by atoms with van der Waals surface area (Å²) in [4.78, 5) is 25.5. The van der Waals surface area contributed by atoms with Crippen molar-refractivity contribution in [2.45, 2.75) is 20.3 Å². The van der Waals surface area contributed by atoms with Crippen LogP contribution in [0.15, 0.2) is 71.2 Å². The Kier molecular flexibility index (Phi) is 8.00. The van der Waals surface area contributed by atoms with E-state index in [1.807, 2.05) is 6.07 Å². The molecule has 2 N–H and O–H groups in total. The molecule has 0 bridgehead atoms. The lowest BCUT2D eigenvalue weighted by molar-refractivity contribution is 0.101. The smallest absolute Gasteiger partial charge is 0.259 e. The van der Waals surface area contributed by atoms with Crippen molar-refractivity contribution in [1.29, 1.82) is 0 Å². The third-order valence-corrected chi connectivity index (χ3v) is 5.12. The Morgan fingerprint density at radius 1 is 0.938 bits per heavy atom. The van der Waals surface area contributed by atoms with Crippen LogP contribution in [0.2, 0.25) is 0 Å². The average molecular weight is 499 g/mol. The van der Waals surface area contributed by atoms with E-state index in [4.69, 9.17) is 4.74 Å². The van der Waals surface area contributed by atoms with Gasteiger partial charge in [0, 0.05) is 21.4 Å². The van der Waals surface area contributed by atoms with Gasteiger partial charge in [-0.25, -0.2) is 4.39 Å². The maximum atomic E-state index is 13.1. The number of carbonyl (C=O) groups is 2.